The molecule has 206 valence electrons. The van der Waals surface area contributed by atoms with Crippen molar-refractivity contribution in [1.82, 2.24) is 19.7 Å². The number of nitrogens with zero attached hydrogens (tertiary/aromatic N) is 5. The first-order valence-electron chi connectivity index (χ1n) is 13.0. The van der Waals surface area contributed by atoms with Crippen LogP contribution >= 0.6 is 0 Å². The number of hydrogen-bond donors (Lipinski definition) is 0. The highest BCUT2D eigenvalue weighted by Crippen LogP contribution is 2.50. The van der Waals surface area contributed by atoms with Crippen LogP contribution in [0.5, 0.6) is 0 Å². The van der Waals surface area contributed by atoms with Crippen LogP contribution in [0.2, 0.25) is 0 Å². The monoisotopic (exact) mass is 541 g/mol. The molecule has 3 heterocycles. The van der Waals surface area contributed by atoms with E-state index < -0.39 is 23.1 Å². The summed E-state index contributed by atoms with van der Waals surface area (Å²) in [6.07, 6.45) is -1.48. The SMILES string of the molecule is COC1CC(c2cccc(N3Cc4c(cc(CN5CCOCC5)cc4C(F)(F)F)C3=O)c2)(c2nncn2C)C1. The Morgan fingerprint density at radius 3 is 2.59 bits per heavy atom. The summed E-state index contributed by atoms with van der Waals surface area (Å²) in [5, 5.41) is 8.42. The van der Waals surface area contributed by atoms with Gasteiger partial charge < -0.3 is 18.9 Å². The number of hydrogen-bond acceptors (Lipinski definition) is 6. The van der Waals surface area contributed by atoms with Crippen LogP contribution in [0.4, 0.5) is 18.9 Å². The van der Waals surface area contributed by atoms with E-state index in [2.05, 4.69) is 10.2 Å². The first-order chi connectivity index (χ1) is 18.7. The second-order valence-corrected chi connectivity index (χ2v) is 10.6. The Kier molecular flexibility index (Phi) is 6.47. The largest absolute Gasteiger partial charge is 0.416 e. The topological polar surface area (TPSA) is 72.7 Å². The number of methoxy groups -OCH3 is 1. The number of ether oxygens (including phenoxy) is 2. The van der Waals surface area contributed by atoms with Crippen molar-refractivity contribution >= 4 is 11.6 Å². The zero-order valence-electron chi connectivity index (χ0n) is 21.9. The highest BCUT2D eigenvalue weighted by Gasteiger charge is 2.50. The molecule has 3 aliphatic rings. The van der Waals surface area contributed by atoms with Gasteiger partial charge >= 0.3 is 6.18 Å². The molecule has 1 aliphatic carbocycles. The van der Waals surface area contributed by atoms with Crippen molar-refractivity contribution in [2.75, 3.05) is 38.3 Å². The minimum Gasteiger partial charge on any atom is -0.381 e. The maximum absolute atomic E-state index is 14.2. The lowest BCUT2D eigenvalue weighted by Crippen LogP contribution is -2.48. The molecule has 0 radical (unpaired) electrons. The molecule has 2 fully saturated rings. The number of benzene rings is 2. The lowest BCUT2D eigenvalue weighted by atomic mass is 9.62. The fourth-order valence-corrected chi connectivity index (χ4v) is 6.16. The molecule has 0 bridgehead atoms. The molecule has 6 rings (SSSR count). The number of amides is 1. The molecule has 8 nitrogen and oxygen atoms in total. The molecule has 0 spiro atoms. The molecular weight excluding hydrogens is 511 g/mol. The van der Waals surface area contributed by atoms with E-state index in [-0.39, 0.29) is 23.8 Å². The third-order valence-corrected chi connectivity index (χ3v) is 8.25. The number of morpholine rings is 1. The van der Waals surface area contributed by atoms with E-state index in [1.54, 1.807) is 25.6 Å². The second kappa shape index (κ2) is 9.72. The van der Waals surface area contributed by atoms with Gasteiger partial charge in [0.15, 0.2) is 0 Å². The Hall–Kier alpha value is -3.28. The number of rotatable bonds is 6. The molecule has 2 aliphatic heterocycles. The maximum atomic E-state index is 14.2. The Morgan fingerprint density at radius 1 is 1.15 bits per heavy atom. The molecule has 11 heteroatoms. The van der Waals surface area contributed by atoms with E-state index in [4.69, 9.17) is 9.47 Å². The van der Waals surface area contributed by atoms with Gasteiger partial charge in [-0.2, -0.15) is 13.2 Å². The highest BCUT2D eigenvalue weighted by atomic mass is 19.4. The van der Waals surface area contributed by atoms with Crippen LogP contribution in [0, 0.1) is 0 Å². The Morgan fingerprint density at radius 2 is 1.92 bits per heavy atom. The second-order valence-electron chi connectivity index (χ2n) is 10.6. The zero-order valence-corrected chi connectivity index (χ0v) is 21.9. The molecular formula is C28H30F3N5O3. The standard InChI is InChI=1S/C28H30F3N5O3/c1-34-17-32-33-26(34)27(13-21(14-27)38-2)19-4-3-5-20(12-19)36-16-23-22(25(36)37)10-18(11-24(23)28(29,30)31)15-35-6-8-39-9-7-35/h3-5,10-12,17,21H,6-9,13-16H2,1-2H3. The number of fused-ring (bicyclic) bond motifs is 1. The van der Waals surface area contributed by atoms with Crippen molar-refractivity contribution in [3.8, 4) is 0 Å². The normalized spacial score (nSPS) is 23.7. The summed E-state index contributed by atoms with van der Waals surface area (Å²) in [6.45, 7) is 2.57. The van der Waals surface area contributed by atoms with Crippen LogP contribution in [-0.2, 0) is 41.2 Å². The number of carbonyl (C=O) groups is 1. The molecule has 39 heavy (non-hydrogen) atoms. The summed E-state index contributed by atoms with van der Waals surface area (Å²) in [4.78, 5) is 17.1. The number of carbonyl (C=O) groups excluding carboxylic acids is 1. The van der Waals surface area contributed by atoms with Crippen molar-refractivity contribution in [1.29, 1.82) is 0 Å². The number of aryl methyl sites for hydroxylation is 1. The van der Waals surface area contributed by atoms with Crippen molar-refractivity contribution in [3.05, 3.63) is 76.4 Å². The van der Waals surface area contributed by atoms with Gasteiger partial charge in [-0.25, -0.2) is 0 Å². The van der Waals surface area contributed by atoms with Gasteiger partial charge in [0.05, 0.1) is 36.8 Å². The van der Waals surface area contributed by atoms with Crippen molar-refractivity contribution in [2.45, 2.75) is 43.6 Å². The van der Waals surface area contributed by atoms with Crippen LogP contribution in [-0.4, -0.2) is 65.1 Å². The van der Waals surface area contributed by atoms with Crippen LogP contribution in [0.1, 0.15) is 51.3 Å². The van der Waals surface area contributed by atoms with Crippen LogP contribution in [0.15, 0.2) is 42.7 Å². The summed E-state index contributed by atoms with van der Waals surface area (Å²) in [7, 11) is 3.56. The highest BCUT2D eigenvalue weighted by molar-refractivity contribution is 6.10. The first kappa shape index (κ1) is 26.0. The van der Waals surface area contributed by atoms with Gasteiger partial charge in [0.1, 0.15) is 12.2 Å². The van der Waals surface area contributed by atoms with E-state index in [0.29, 0.717) is 56.9 Å². The van der Waals surface area contributed by atoms with Crippen LogP contribution in [0.3, 0.4) is 0 Å². The molecule has 1 amide bonds. The quantitative estimate of drug-likeness (QED) is 0.471. The summed E-state index contributed by atoms with van der Waals surface area (Å²) in [5.41, 5.74) is 0.900. The third-order valence-electron chi connectivity index (χ3n) is 8.25. The smallest absolute Gasteiger partial charge is 0.381 e. The van der Waals surface area contributed by atoms with E-state index in [9.17, 15) is 18.0 Å². The minimum atomic E-state index is -4.57. The van der Waals surface area contributed by atoms with E-state index in [0.717, 1.165) is 11.4 Å². The van der Waals surface area contributed by atoms with E-state index in [1.807, 2.05) is 34.7 Å². The average molecular weight is 542 g/mol. The molecule has 1 saturated heterocycles. The molecule has 0 N–H and O–H groups in total. The Labute approximate surface area is 224 Å². The number of aromatic nitrogens is 3. The Balaban J connectivity index is 1.35. The van der Waals surface area contributed by atoms with Crippen LogP contribution < -0.4 is 4.90 Å². The van der Waals surface area contributed by atoms with E-state index >= 15 is 0 Å². The molecule has 0 atom stereocenters. The molecule has 3 aromatic rings. The van der Waals surface area contributed by atoms with E-state index in [1.165, 1.54) is 11.0 Å². The first-order valence-corrected chi connectivity index (χ1v) is 13.0. The van der Waals surface area contributed by atoms with Crippen molar-refractivity contribution in [3.63, 3.8) is 0 Å². The summed E-state index contributed by atoms with van der Waals surface area (Å²) in [6, 6.07) is 10.3. The Bertz CT molecular complexity index is 1390. The predicted molar refractivity (Wildman–Crippen MR) is 136 cm³/mol. The van der Waals surface area contributed by atoms with Crippen molar-refractivity contribution < 1.29 is 27.4 Å². The molecule has 1 saturated carbocycles. The van der Waals surface area contributed by atoms with Gasteiger partial charge in [0.25, 0.3) is 5.91 Å². The van der Waals surface area contributed by atoms with Gasteiger partial charge in [-0.3, -0.25) is 9.69 Å². The zero-order chi connectivity index (χ0) is 27.4. The average Bonchev–Trinajstić information content (AvgIpc) is 3.47. The fourth-order valence-electron chi connectivity index (χ4n) is 6.16. The lowest BCUT2D eigenvalue weighted by Gasteiger charge is -2.46. The van der Waals surface area contributed by atoms with Crippen molar-refractivity contribution in [2.24, 2.45) is 7.05 Å². The number of halogens is 3. The number of anilines is 1. The van der Waals surface area contributed by atoms with Gasteiger partial charge in [0, 0.05) is 45.0 Å². The van der Waals surface area contributed by atoms with Gasteiger partial charge in [-0.05, 0) is 53.8 Å². The molecule has 0 unspecified atom stereocenters. The molecule has 1 aromatic heterocycles. The van der Waals surface area contributed by atoms with Gasteiger partial charge in [-0.1, -0.05) is 12.1 Å². The van der Waals surface area contributed by atoms with Crippen LogP contribution in [0.25, 0.3) is 0 Å². The lowest BCUT2D eigenvalue weighted by molar-refractivity contribution is -0.138. The summed E-state index contributed by atoms with van der Waals surface area (Å²) >= 11 is 0. The van der Waals surface area contributed by atoms with Gasteiger partial charge in [0.2, 0.25) is 0 Å². The van der Waals surface area contributed by atoms with Gasteiger partial charge in [-0.15, -0.1) is 10.2 Å². The maximum Gasteiger partial charge on any atom is 0.416 e. The minimum absolute atomic E-state index is 0.0229. The third kappa shape index (κ3) is 4.52. The fraction of sp³-hybridized carbons (Fsp3) is 0.464. The predicted octanol–water partition coefficient (Wildman–Crippen LogP) is 3.92. The number of alkyl halides is 3. The molecule has 2 aromatic carbocycles. The summed E-state index contributed by atoms with van der Waals surface area (Å²) < 4.78 is 55.4. The summed E-state index contributed by atoms with van der Waals surface area (Å²) in [5.74, 6) is 0.365.